The van der Waals surface area contributed by atoms with E-state index in [9.17, 15) is 28.0 Å². The molecule has 3 fully saturated rings. The van der Waals surface area contributed by atoms with Gasteiger partial charge in [0.2, 0.25) is 11.9 Å². The molecule has 5 heterocycles. The van der Waals surface area contributed by atoms with Crippen LogP contribution in [-0.2, 0) is 14.4 Å². The van der Waals surface area contributed by atoms with Gasteiger partial charge in [-0.15, -0.1) is 0 Å². The van der Waals surface area contributed by atoms with E-state index in [4.69, 9.17) is 4.74 Å². The van der Waals surface area contributed by atoms with Crippen LogP contribution in [0.15, 0.2) is 36.8 Å². The average molecular weight is 821 g/mol. The van der Waals surface area contributed by atoms with Crippen molar-refractivity contribution in [1.82, 2.24) is 40.2 Å². The number of carbonyl (C=O) groups is 4. The lowest BCUT2D eigenvalue weighted by Gasteiger charge is -2.38. The zero-order valence-corrected chi connectivity index (χ0v) is 34.3. The van der Waals surface area contributed by atoms with Gasteiger partial charge in [0.1, 0.15) is 17.5 Å². The number of imide groups is 1. The average Bonchev–Trinajstić information content (AvgIpc) is 3.69. The third-order valence-corrected chi connectivity index (χ3v) is 12.0. The molecule has 0 spiro atoms. The number of carbonyl (C=O) groups excluding carboxylic acids is 4. The van der Waals surface area contributed by atoms with Crippen LogP contribution in [0.25, 0.3) is 0 Å². The Morgan fingerprint density at radius 2 is 1.81 bits per heavy atom. The molecule has 59 heavy (non-hydrogen) atoms. The van der Waals surface area contributed by atoms with E-state index in [2.05, 4.69) is 52.8 Å². The Morgan fingerprint density at radius 1 is 1.07 bits per heavy atom. The van der Waals surface area contributed by atoms with Crippen molar-refractivity contribution < 1.29 is 32.7 Å². The fraction of sp³-hybridized carbons (Fsp3) is 0.575. The lowest BCUT2D eigenvalue weighted by Crippen LogP contribution is -2.49. The van der Waals surface area contributed by atoms with Crippen molar-refractivity contribution in [2.75, 3.05) is 87.0 Å². The number of hydrogen-bond acceptors (Lipinski definition) is 13. The zero-order valence-electron chi connectivity index (χ0n) is 34.3. The number of alkyl halides is 2. The summed E-state index contributed by atoms with van der Waals surface area (Å²) in [5, 5.41) is 13.1. The molecular weight excluding hydrogens is 767 g/mol. The minimum Gasteiger partial charge on any atom is -0.495 e. The fourth-order valence-electron chi connectivity index (χ4n) is 8.31. The molecular formula is C40H54F2N12O5. The molecule has 2 saturated heterocycles. The van der Waals surface area contributed by atoms with Gasteiger partial charge in [0.05, 0.1) is 37.4 Å². The number of benzene rings is 1. The molecule has 1 atom stereocenters. The Balaban J connectivity index is 0.861. The van der Waals surface area contributed by atoms with Crippen molar-refractivity contribution in [2.45, 2.75) is 82.5 Å². The highest BCUT2D eigenvalue weighted by Crippen LogP contribution is 2.37. The first kappa shape index (κ1) is 41.7. The van der Waals surface area contributed by atoms with Crippen molar-refractivity contribution >= 4 is 52.5 Å². The Hall–Kier alpha value is -5.43. The van der Waals surface area contributed by atoms with Gasteiger partial charge in [-0.2, -0.15) is 18.9 Å². The predicted molar refractivity (Wildman–Crippen MR) is 218 cm³/mol. The third-order valence-electron chi connectivity index (χ3n) is 12.0. The summed E-state index contributed by atoms with van der Waals surface area (Å²) >= 11 is 0. The second-order valence-electron chi connectivity index (χ2n) is 16.2. The first-order valence-corrected chi connectivity index (χ1v) is 20.3. The summed E-state index contributed by atoms with van der Waals surface area (Å²) in [5.74, 6) is -4.95. The first-order valence-electron chi connectivity index (χ1n) is 20.3. The molecule has 2 aromatic heterocycles. The molecule has 1 saturated carbocycles. The highest BCUT2D eigenvalue weighted by atomic mass is 19.3. The molecule has 0 bridgehead atoms. The molecule has 1 unspecified atom stereocenters. The molecule has 4 amide bonds. The van der Waals surface area contributed by atoms with Gasteiger partial charge in [0.25, 0.3) is 17.7 Å². The van der Waals surface area contributed by atoms with E-state index in [1.54, 1.807) is 42.9 Å². The van der Waals surface area contributed by atoms with Crippen LogP contribution in [0.2, 0.25) is 0 Å². The molecule has 7 rings (SSSR count). The second kappa shape index (κ2) is 17.4. The first-order chi connectivity index (χ1) is 28.2. The van der Waals surface area contributed by atoms with Crippen LogP contribution in [0.1, 0.15) is 68.8 Å². The minimum atomic E-state index is -3.60. The maximum Gasteiger partial charge on any atom is 0.342 e. The Kier molecular flexibility index (Phi) is 12.3. The molecule has 19 heteroatoms. The number of halogens is 2. The number of piperidine rings is 1. The van der Waals surface area contributed by atoms with Crippen molar-refractivity contribution in [2.24, 2.45) is 0 Å². The molecule has 1 aliphatic carbocycles. The van der Waals surface area contributed by atoms with E-state index in [1.165, 1.54) is 25.3 Å². The van der Waals surface area contributed by atoms with Crippen LogP contribution in [0.4, 0.5) is 37.6 Å². The van der Waals surface area contributed by atoms with Gasteiger partial charge in [-0.1, -0.05) is 0 Å². The van der Waals surface area contributed by atoms with E-state index in [0.29, 0.717) is 35.9 Å². The van der Waals surface area contributed by atoms with Gasteiger partial charge in [0, 0.05) is 82.6 Å². The van der Waals surface area contributed by atoms with Crippen LogP contribution in [0.5, 0.6) is 5.75 Å². The summed E-state index contributed by atoms with van der Waals surface area (Å²) in [4.78, 5) is 68.0. The largest absolute Gasteiger partial charge is 0.495 e. The number of nitrogens with one attached hydrogen (secondary N) is 3. The van der Waals surface area contributed by atoms with Crippen LogP contribution in [0, 0.1) is 0 Å². The second-order valence-corrected chi connectivity index (χ2v) is 16.2. The maximum atomic E-state index is 14.7. The molecule has 3 aromatic rings. The number of ether oxygens (including phenoxy) is 1. The van der Waals surface area contributed by atoms with Gasteiger partial charge in [0.15, 0.2) is 5.82 Å². The Labute approximate surface area is 342 Å². The number of methoxy groups -OCH3 is 1. The van der Waals surface area contributed by atoms with Gasteiger partial charge in [-0.05, 0) is 71.2 Å². The van der Waals surface area contributed by atoms with E-state index in [0.717, 1.165) is 75.5 Å². The normalized spacial score (nSPS) is 22.6. The van der Waals surface area contributed by atoms with Crippen LogP contribution in [-0.4, -0.2) is 144 Å². The van der Waals surface area contributed by atoms with Crippen molar-refractivity contribution in [3.63, 3.8) is 0 Å². The fourth-order valence-corrected chi connectivity index (χ4v) is 8.31. The third kappa shape index (κ3) is 9.25. The number of anilines is 5. The molecule has 3 aliphatic heterocycles. The maximum absolute atomic E-state index is 14.7. The quantitative estimate of drug-likeness (QED) is 0.228. The summed E-state index contributed by atoms with van der Waals surface area (Å²) in [5.41, 5.74) is 2.08. The number of rotatable bonds is 12. The predicted octanol–water partition coefficient (Wildman–Crippen LogP) is 3.02. The van der Waals surface area contributed by atoms with Crippen molar-refractivity contribution in [1.29, 1.82) is 0 Å². The number of piperazine rings is 1. The summed E-state index contributed by atoms with van der Waals surface area (Å²) < 4.78 is 36.8. The minimum absolute atomic E-state index is 0.0534. The molecule has 4 aliphatic rings. The van der Waals surface area contributed by atoms with E-state index >= 15 is 0 Å². The molecule has 3 N–H and O–H groups in total. The number of hydrogen-bond donors (Lipinski definition) is 3. The number of nitrogens with zero attached hydrogens (tertiary/aromatic N) is 9. The number of likely N-dealkylation sites (N-methyl/N-ethyl adjacent to an activating group) is 1. The summed E-state index contributed by atoms with van der Waals surface area (Å²) in [7, 11) is 4.96. The van der Waals surface area contributed by atoms with Crippen molar-refractivity contribution in [3.05, 3.63) is 42.4 Å². The zero-order chi connectivity index (χ0) is 42.0. The number of amides is 4. The Morgan fingerprint density at radius 3 is 2.51 bits per heavy atom. The molecule has 0 radical (unpaired) electrons. The topological polar surface area (TPSA) is 173 Å². The highest BCUT2D eigenvalue weighted by molar-refractivity contribution is 6.02. The lowest BCUT2D eigenvalue weighted by atomic mass is 9.90. The van der Waals surface area contributed by atoms with Crippen molar-refractivity contribution in [3.8, 4) is 5.75 Å². The molecule has 17 nitrogen and oxygen atoms in total. The van der Waals surface area contributed by atoms with Crippen LogP contribution in [0.3, 0.4) is 0 Å². The highest BCUT2D eigenvalue weighted by Gasteiger charge is 2.47. The monoisotopic (exact) mass is 820 g/mol. The van der Waals surface area contributed by atoms with Crippen LogP contribution < -0.4 is 35.4 Å². The van der Waals surface area contributed by atoms with E-state index in [1.807, 2.05) is 6.20 Å². The molecule has 1 aromatic carbocycles. The van der Waals surface area contributed by atoms with E-state index in [-0.39, 0.29) is 47.3 Å². The standard InChI is InChI=1S/C40H54F2N12O5/c1-25(2)53-24-40(41,42)38(58)50(4)32-22-43-39(48-35(32)53)46-30-11-6-26(20-33(30)59-5)36(56)45-27-7-9-28(10-8-27)49(3)14-15-51-16-18-52(19-17-51)29-21-44-54(23-29)31-12-13-34(55)47-37(31)57/h6,11,20-23,25,27-28,31H,7-10,12-19,24H2,1-5H3,(H,45,56)(H,43,46,48)(H,47,55,57)/t27-,28-,31?. The SMILES string of the molecule is COc1cc(C(=O)N[C@H]2CC[C@H](N(C)CCN3CCN(c4cnn(C5CCC(=O)NC5=O)c4)CC3)CC2)ccc1Nc1ncc2c(n1)N(C(C)C)CC(F)(F)C(=O)N2C. The summed E-state index contributed by atoms with van der Waals surface area (Å²) in [6, 6.07) is 4.69. The van der Waals surface area contributed by atoms with Gasteiger partial charge in [-0.25, -0.2) is 4.98 Å². The summed E-state index contributed by atoms with van der Waals surface area (Å²) in [6.07, 6.45) is 9.54. The van der Waals surface area contributed by atoms with E-state index < -0.39 is 24.4 Å². The van der Waals surface area contributed by atoms with Gasteiger partial charge in [-0.3, -0.25) is 34.1 Å². The smallest absolute Gasteiger partial charge is 0.342 e. The van der Waals surface area contributed by atoms with Gasteiger partial charge >= 0.3 is 5.92 Å². The lowest BCUT2D eigenvalue weighted by molar-refractivity contribution is -0.140. The summed E-state index contributed by atoms with van der Waals surface area (Å²) in [6.45, 7) is 8.22. The Bertz CT molecular complexity index is 2030. The van der Waals surface area contributed by atoms with Crippen LogP contribution >= 0.6 is 0 Å². The molecule has 318 valence electrons. The van der Waals surface area contributed by atoms with Gasteiger partial charge < -0.3 is 35.0 Å². The number of fused-ring (bicyclic) bond motifs is 1. The number of aromatic nitrogens is 4.